The summed E-state index contributed by atoms with van der Waals surface area (Å²) in [5.41, 5.74) is 1.10. The molecule has 1 unspecified atom stereocenters. The van der Waals surface area contributed by atoms with Gasteiger partial charge in [0, 0.05) is 12.5 Å². The summed E-state index contributed by atoms with van der Waals surface area (Å²) in [6.07, 6.45) is 1.12. The molecule has 0 aliphatic rings. The van der Waals surface area contributed by atoms with Crippen LogP contribution in [0.25, 0.3) is 0 Å². The normalized spacial score (nSPS) is 11.9. The summed E-state index contributed by atoms with van der Waals surface area (Å²) in [5, 5.41) is 11.5. The third-order valence-corrected chi connectivity index (χ3v) is 2.48. The van der Waals surface area contributed by atoms with Crippen LogP contribution in [0.1, 0.15) is 18.9 Å². The van der Waals surface area contributed by atoms with E-state index in [-0.39, 0.29) is 18.6 Å². The van der Waals surface area contributed by atoms with Crippen molar-refractivity contribution in [3.63, 3.8) is 0 Å². The van der Waals surface area contributed by atoms with E-state index in [1.807, 2.05) is 24.3 Å². The molecule has 4 nitrogen and oxygen atoms in total. The lowest BCUT2D eigenvalue weighted by Crippen LogP contribution is -2.35. The number of rotatable bonds is 6. The second-order valence-corrected chi connectivity index (χ2v) is 4.00. The monoisotopic (exact) mass is 237 g/mol. The van der Waals surface area contributed by atoms with Crippen LogP contribution in [-0.4, -0.2) is 30.8 Å². The molecule has 0 spiro atoms. The van der Waals surface area contributed by atoms with E-state index in [0.29, 0.717) is 12.8 Å². The van der Waals surface area contributed by atoms with Crippen LogP contribution < -0.4 is 10.1 Å². The number of ether oxygens (including phenoxy) is 1. The maximum Gasteiger partial charge on any atom is 0.220 e. The number of carbonyl (C=O) groups excluding carboxylic acids is 1. The van der Waals surface area contributed by atoms with Crippen molar-refractivity contribution in [2.45, 2.75) is 25.8 Å². The van der Waals surface area contributed by atoms with E-state index in [9.17, 15) is 4.79 Å². The number of methoxy groups -OCH3 is 1. The van der Waals surface area contributed by atoms with Gasteiger partial charge in [-0.05, 0) is 31.0 Å². The lowest BCUT2D eigenvalue weighted by atomic mass is 10.1. The molecule has 1 amide bonds. The van der Waals surface area contributed by atoms with E-state index < -0.39 is 0 Å². The predicted molar refractivity (Wildman–Crippen MR) is 66.0 cm³/mol. The van der Waals surface area contributed by atoms with E-state index in [2.05, 4.69) is 5.32 Å². The van der Waals surface area contributed by atoms with Gasteiger partial charge in [0.1, 0.15) is 5.75 Å². The van der Waals surface area contributed by atoms with Crippen LogP contribution in [0, 0.1) is 0 Å². The van der Waals surface area contributed by atoms with Gasteiger partial charge >= 0.3 is 0 Å². The Morgan fingerprint density at radius 1 is 1.41 bits per heavy atom. The largest absolute Gasteiger partial charge is 0.497 e. The van der Waals surface area contributed by atoms with Gasteiger partial charge in [0.05, 0.1) is 13.7 Å². The number of aliphatic hydroxyl groups is 1. The van der Waals surface area contributed by atoms with Crippen molar-refractivity contribution >= 4 is 5.91 Å². The predicted octanol–water partition coefficient (Wildman–Crippen LogP) is 1.12. The molecular formula is C13H19NO3. The average Bonchev–Trinajstić information content (AvgIpc) is 2.36. The highest BCUT2D eigenvalue weighted by molar-refractivity contribution is 5.76. The van der Waals surface area contributed by atoms with E-state index in [0.717, 1.165) is 11.3 Å². The molecule has 0 radical (unpaired) electrons. The fraction of sp³-hybridized carbons (Fsp3) is 0.462. The first-order chi connectivity index (χ1) is 8.15. The maximum absolute atomic E-state index is 11.5. The number of aryl methyl sites for hydroxylation is 1. The van der Waals surface area contributed by atoms with Gasteiger partial charge in [0.25, 0.3) is 0 Å². The first kappa shape index (κ1) is 13.5. The Balaban J connectivity index is 2.36. The zero-order chi connectivity index (χ0) is 12.7. The van der Waals surface area contributed by atoms with Crippen molar-refractivity contribution < 1.29 is 14.6 Å². The second-order valence-electron chi connectivity index (χ2n) is 4.00. The number of carbonyl (C=O) groups is 1. The van der Waals surface area contributed by atoms with E-state index >= 15 is 0 Å². The van der Waals surface area contributed by atoms with Crippen LogP contribution in [0.5, 0.6) is 5.75 Å². The molecular weight excluding hydrogens is 218 g/mol. The molecule has 0 saturated carbocycles. The van der Waals surface area contributed by atoms with Gasteiger partial charge in [0.15, 0.2) is 0 Å². The van der Waals surface area contributed by atoms with Crippen LogP contribution in [0.3, 0.4) is 0 Å². The SMILES string of the molecule is COc1ccc(CCC(=O)NC(C)CO)cc1. The van der Waals surface area contributed by atoms with Gasteiger partial charge in [0.2, 0.25) is 5.91 Å². The van der Waals surface area contributed by atoms with Crippen molar-refractivity contribution in [2.24, 2.45) is 0 Å². The van der Waals surface area contributed by atoms with Gasteiger partial charge < -0.3 is 15.2 Å². The topological polar surface area (TPSA) is 58.6 Å². The highest BCUT2D eigenvalue weighted by atomic mass is 16.5. The summed E-state index contributed by atoms with van der Waals surface area (Å²) < 4.78 is 5.05. The Hall–Kier alpha value is -1.55. The van der Waals surface area contributed by atoms with Gasteiger partial charge in [-0.15, -0.1) is 0 Å². The highest BCUT2D eigenvalue weighted by Gasteiger charge is 2.06. The van der Waals surface area contributed by atoms with Crippen LogP contribution >= 0.6 is 0 Å². The number of hydrogen-bond acceptors (Lipinski definition) is 3. The van der Waals surface area contributed by atoms with Gasteiger partial charge in [-0.25, -0.2) is 0 Å². The molecule has 0 saturated heterocycles. The van der Waals surface area contributed by atoms with Crippen molar-refractivity contribution in [3.05, 3.63) is 29.8 Å². The fourth-order valence-corrected chi connectivity index (χ4v) is 1.44. The quantitative estimate of drug-likeness (QED) is 0.779. The Labute approximate surface area is 102 Å². The fourth-order valence-electron chi connectivity index (χ4n) is 1.44. The second kappa shape index (κ2) is 6.91. The molecule has 4 heteroatoms. The summed E-state index contributed by atoms with van der Waals surface area (Å²) in [7, 11) is 1.62. The minimum atomic E-state index is -0.182. The Kier molecular flexibility index (Phi) is 5.49. The van der Waals surface area contributed by atoms with Crippen LogP contribution in [0.15, 0.2) is 24.3 Å². The minimum absolute atomic E-state index is 0.0335. The van der Waals surface area contributed by atoms with Crippen LogP contribution in [0.4, 0.5) is 0 Å². The summed E-state index contributed by atoms with van der Waals surface area (Å²) >= 11 is 0. The van der Waals surface area contributed by atoms with Crippen molar-refractivity contribution in [1.29, 1.82) is 0 Å². The summed E-state index contributed by atoms with van der Waals surface area (Å²) in [6, 6.07) is 7.47. The lowest BCUT2D eigenvalue weighted by Gasteiger charge is -2.10. The maximum atomic E-state index is 11.5. The van der Waals surface area contributed by atoms with Crippen molar-refractivity contribution in [1.82, 2.24) is 5.32 Å². The molecule has 1 rings (SSSR count). The van der Waals surface area contributed by atoms with Crippen LogP contribution in [-0.2, 0) is 11.2 Å². The minimum Gasteiger partial charge on any atom is -0.497 e. The molecule has 94 valence electrons. The molecule has 2 N–H and O–H groups in total. The summed E-state index contributed by atoms with van der Waals surface area (Å²) in [4.78, 5) is 11.5. The first-order valence-corrected chi connectivity index (χ1v) is 5.69. The van der Waals surface area contributed by atoms with Gasteiger partial charge in [-0.1, -0.05) is 12.1 Å². The zero-order valence-corrected chi connectivity index (χ0v) is 10.3. The van der Waals surface area contributed by atoms with E-state index in [1.165, 1.54) is 0 Å². The first-order valence-electron chi connectivity index (χ1n) is 5.69. The Morgan fingerprint density at radius 2 is 2.06 bits per heavy atom. The van der Waals surface area contributed by atoms with Gasteiger partial charge in [-0.3, -0.25) is 4.79 Å². The molecule has 0 fully saturated rings. The number of amides is 1. The average molecular weight is 237 g/mol. The lowest BCUT2D eigenvalue weighted by molar-refractivity contribution is -0.121. The summed E-state index contributed by atoms with van der Waals surface area (Å²) in [6.45, 7) is 1.74. The van der Waals surface area contributed by atoms with Crippen molar-refractivity contribution in [3.8, 4) is 5.75 Å². The molecule has 17 heavy (non-hydrogen) atoms. The molecule has 1 aromatic carbocycles. The molecule has 0 aromatic heterocycles. The molecule has 1 atom stereocenters. The van der Waals surface area contributed by atoms with E-state index in [4.69, 9.17) is 9.84 Å². The molecule has 0 aliphatic heterocycles. The Morgan fingerprint density at radius 3 is 2.59 bits per heavy atom. The zero-order valence-electron chi connectivity index (χ0n) is 10.3. The highest BCUT2D eigenvalue weighted by Crippen LogP contribution is 2.12. The molecule has 1 aromatic rings. The third-order valence-electron chi connectivity index (χ3n) is 2.48. The number of hydrogen-bond donors (Lipinski definition) is 2. The number of nitrogens with one attached hydrogen (secondary N) is 1. The molecule has 0 aliphatic carbocycles. The van der Waals surface area contributed by atoms with Crippen molar-refractivity contribution in [2.75, 3.05) is 13.7 Å². The van der Waals surface area contributed by atoms with Crippen LogP contribution in [0.2, 0.25) is 0 Å². The smallest absolute Gasteiger partial charge is 0.220 e. The Bertz CT molecular complexity index is 348. The number of aliphatic hydroxyl groups excluding tert-OH is 1. The van der Waals surface area contributed by atoms with E-state index in [1.54, 1.807) is 14.0 Å². The number of benzene rings is 1. The summed E-state index contributed by atoms with van der Waals surface area (Å²) in [5.74, 6) is 0.773. The third kappa shape index (κ3) is 4.87. The molecule has 0 heterocycles. The standard InChI is InChI=1S/C13H19NO3/c1-10(9-15)14-13(16)8-5-11-3-6-12(17-2)7-4-11/h3-4,6-7,10,15H,5,8-9H2,1-2H3,(H,14,16). The van der Waals surface area contributed by atoms with Gasteiger partial charge in [-0.2, -0.15) is 0 Å². The molecule has 0 bridgehead atoms.